The predicted molar refractivity (Wildman–Crippen MR) is 97.3 cm³/mol. The Labute approximate surface area is 146 Å². The number of halogens is 1. The van der Waals surface area contributed by atoms with Crippen LogP contribution in [0.3, 0.4) is 0 Å². The molecular weight excluding hydrogens is 332 g/mol. The molecule has 1 aromatic carbocycles. The van der Waals surface area contributed by atoms with E-state index >= 15 is 0 Å². The van der Waals surface area contributed by atoms with Crippen LogP contribution in [0.5, 0.6) is 0 Å². The summed E-state index contributed by atoms with van der Waals surface area (Å²) in [5.41, 5.74) is 2.29. The predicted octanol–water partition coefficient (Wildman–Crippen LogP) is 3.42. The van der Waals surface area contributed by atoms with E-state index in [1.165, 1.54) is 0 Å². The van der Waals surface area contributed by atoms with Crippen molar-refractivity contribution in [3.8, 4) is 0 Å². The van der Waals surface area contributed by atoms with Crippen molar-refractivity contribution in [1.29, 1.82) is 0 Å². The summed E-state index contributed by atoms with van der Waals surface area (Å²) < 4.78 is 1.83. The largest absolute Gasteiger partial charge is 0.362 e. The van der Waals surface area contributed by atoms with E-state index in [1.807, 2.05) is 29.9 Å². The van der Waals surface area contributed by atoms with Crippen LogP contribution in [-0.4, -0.2) is 27.2 Å². The van der Waals surface area contributed by atoms with Crippen molar-refractivity contribution in [2.24, 2.45) is 0 Å². The lowest BCUT2D eigenvalue weighted by atomic mass is 10.1. The Bertz CT molecular complexity index is 694. The summed E-state index contributed by atoms with van der Waals surface area (Å²) in [4.78, 5) is 11.4. The van der Waals surface area contributed by atoms with Gasteiger partial charge >= 0.3 is 0 Å². The Morgan fingerprint density at radius 1 is 1.43 bits per heavy atom. The zero-order chi connectivity index (χ0) is 16.8. The number of thiocarbonyl (C=S) groups is 1. The van der Waals surface area contributed by atoms with Crippen LogP contribution < -0.4 is 10.6 Å². The molecule has 1 heterocycles. The molecule has 5 nitrogen and oxygen atoms in total. The van der Waals surface area contributed by atoms with Gasteiger partial charge in [0.2, 0.25) is 0 Å². The molecule has 0 fully saturated rings. The first-order chi connectivity index (χ1) is 11.0. The number of aromatic nitrogens is 2. The first-order valence-electron chi connectivity index (χ1n) is 7.31. The Balaban J connectivity index is 1.75. The quantitative estimate of drug-likeness (QED) is 0.475. The summed E-state index contributed by atoms with van der Waals surface area (Å²) in [6.07, 6.45) is 2.69. The van der Waals surface area contributed by atoms with Gasteiger partial charge in [-0.05, 0) is 44.6 Å². The molecule has 0 radical (unpaired) electrons. The van der Waals surface area contributed by atoms with Gasteiger partial charge in [-0.3, -0.25) is 9.48 Å². The van der Waals surface area contributed by atoms with E-state index in [9.17, 15) is 4.79 Å². The molecule has 0 unspecified atom stereocenters. The average molecular weight is 351 g/mol. The highest BCUT2D eigenvalue weighted by atomic mass is 35.5. The molecule has 2 N–H and O–H groups in total. The smallest absolute Gasteiger partial charge is 0.170 e. The van der Waals surface area contributed by atoms with Crippen LogP contribution in [-0.2, 0) is 6.54 Å². The number of carbonyl (C=O) groups excluding carboxylic acids is 1. The number of rotatable bonds is 6. The minimum absolute atomic E-state index is 0.0284. The van der Waals surface area contributed by atoms with E-state index in [2.05, 4.69) is 15.7 Å². The molecule has 7 heteroatoms. The summed E-state index contributed by atoms with van der Waals surface area (Å²) >= 11 is 11.2. The molecule has 1 aromatic heterocycles. The number of carbonyl (C=O) groups is 1. The van der Waals surface area contributed by atoms with Crippen LogP contribution in [0.25, 0.3) is 0 Å². The van der Waals surface area contributed by atoms with Crippen LogP contribution in [0.4, 0.5) is 5.69 Å². The molecule has 23 heavy (non-hydrogen) atoms. The Morgan fingerprint density at radius 2 is 2.22 bits per heavy atom. The van der Waals surface area contributed by atoms with Crippen molar-refractivity contribution in [1.82, 2.24) is 15.1 Å². The minimum atomic E-state index is 0.0284. The average Bonchev–Trinajstić information content (AvgIpc) is 2.82. The summed E-state index contributed by atoms with van der Waals surface area (Å²) in [6, 6.07) is 7.26. The van der Waals surface area contributed by atoms with Gasteiger partial charge in [0, 0.05) is 30.5 Å². The van der Waals surface area contributed by atoms with Crippen LogP contribution >= 0.6 is 23.8 Å². The lowest BCUT2D eigenvalue weighted by molar-refractivity contribution is 0.101. The van der Waals surface area contributed by atoms with E-state index < -0.39 is 0 Å². The van der Waals surface area contributed by atoms with Crippen molar-refractivity contribution in [3.05, 3.63) is 46.7 Å². The molecule has 0 aliphatic heterocycles. The highest BCUT2D eigenvalue weighted by molar-refractivity contribution is 7.80. The third kappa shape index (κ3) is 5.33. The standard InChI is InChI=1S/C16H19ClN4OS/c1-11-15(17)10-21(20-11)8-4-7-18-16(23)19-14-6-3-5-13(9-14)12(2)22/h3,5-6,9-10H,4,7-8H2,1-2H3,(H2,18,19,23). The van der Waals surface area contributed by atoms with Crippen LogP contribution in [0.1, 0.15) is 29.4 Å². The first-order valence-corrected chi connectivity index (χ1v) is 8.10. The molecule has 2 rings (SSSR count). The topological polar surface area (TPSA) is 59.0 Å². The number of benzene rings is 1. The lowest BCUT2D eigenvalue weighted by Gasteiger charge is -2.11. The summed E-state index contributed by atoms with van der Waals surface area (Å²) in [5, 5.41) is 11.7. The Kier molecular flexibility index (Phi) is 6.12. The van der Waals surface area contributed by atoms with Gasteiger partial charge in [0.1, 0.15) is 0 Å². The van der Waals surface area contributed by atoms with E-state index in [1.54, 1.807) is 19.1 Å². The fourth-order valence-electron chi connectivity index (χ4n) is 2.04. The molecule has 122 valence electrons. The number of ketones is 1. The summed E-state index contributed by atoms with van der Waals surface area (Å²) in [6.45, 7) is 4.90. The number of Topliss-reactive ketones (excluding diaryl/α,β-unsaturated/α-hetero) is 1. The van der Waals surface area contributed by atoms with Crippen molar-refractivity contribution in [3.63, 3.8) is 0 Å². The molecule has 0 bridgehead atoms. The van der Waals surface area contributed by atoms with Gasteiger partial charge in [0.25, 0.3) is 0 Å². The van der Waals surface area contributed by atoms with Gasteiger partial charge in [-0.2, -0.15) is 5.10 Å². The molecule has 0 saturated carbocycles. The van der Waals surface area contributed by atoms with Crippen molar-refractivity contribution >= 4 is 40.4 Å². The minimum Gasteiger partial charge on any atom is -0.362 e. The summed E-state index contributed by atoms with van der Waals surface area (Å²) in [5.74, 6) is 0.0284. The number of aryl methyl sites for hydroxylation is 2. The van der Waals surface area contributed by atoms with Crippen molar-refractivity contribution < 1.29 is 4.79 Å². The maximum absolute atomic E-state index is 11.4. The van der Waals surface area contributed by atoms with Crippen molar-refractivity contribution in [2.45, 2.75) is 26.8 Å². The highest BCUT2D eigenvalue weighted by Crippen LogP contribution is 2.12. The Hall–Kier alpha value is -1.92. The summed E-state index contributed by atoms with van der Waals surface area (Å²) in [7, 11) is 0. The molecule has 0 aliphatic rings. The lowest BCUT2D eigenvalue weighted by Crippen LogP contribution is -2.29. The normalized spacial score (nSPS) is 10.4. The van der Waals surface area contributed by atoms with Gasteiger partial charge < -0.3 is 10.6 Å². The second-order valence-electron chi connectivity index (χ2n) is 5.20. The van der Waals surface area contributed by atoms with E-state index in [4.69, 9.17) is 23.8 Å². The second-order valence-corrected chi connectivity index (χ2v) is 6.01. The first kappa shape index (κ1) is 17.4. The van der Waals surface area contributed by atoms with Gasteiger partial charge in [-0.25, -0.2) is 0 Å². The molecule has 0 atom stereocenters. The number of nitrogens with one attached hydrogen (secondary N) is 2. The van der Waals surface area contributed by atoms with Gasteiger partial charge in [-0.1, -0.05) is 23.7 Å². The molecule has 2 aromatic rings. The maximum Gasteiger partial charge on any atom is 0.170 e. The number of anilines is 1. The molecule has 0 amide bonds. The number of hydrogen-bond donors (Lipinski definition) is 2. The SMILES string of the molecule is CC(=O)c1cccc(NC(=S)NCCCn2cc(Cl)c(C)n2)c1. The molecule has 0 saturated heterocycles. The van der Waals surface area contributed by atoms with Crippen molar-refractivity contribution in [2.75, 3.05) is 11.9 Å². The molecule has 0 aliphatic carbocycles. The van der Waals surface area contributed by atoms with Crippen LogP contribution in [0, 0.1) is 6.92 Å². The number of hydrogen-bond acceptors (Lipinski definition) is 3. The number of nitrogens with zero attached hydrogens (tertiary/aromatic N) is 2. The molecular formula is C16H19ClN4OS. The second kappa shape index (κ2) is 8.08. The maximum atomic E-state index is 11.4. The third-order valence-electron chi connectivity index (χ3n) is 3.26. The van der Waals surface area contributed by atoms with E-state index in [0.29, 0.717) is 15.7 Å². The Morgan fingerprint density at radius 3 is 2.87 bits per heavy atom. The fourth-order valence-corrected chi connectivity index (χ4v) is 2.41. The zero-order valence-corrected chi connectivity index (χ0v) is 14.7. The van der Waals surface area contributed by atoms with E-state index in [0.717, 1.165) is 30.9 Å². The fraction of sp³-hybridized carbons (Fsp3) is 0.312. The third-order valence-corrected chi connectivity index (χ3v) is 3.88. The highest BCUT2D eigenvalue weighted by Gasteiger charge is 2.03. The van der Waals surface area contributed by atoms with Crippen LogP contribution in [0.15, 0.2) is 30.5 Å². The van der Waals surface area contributed by atoms with E-state index in [-0.39, 0.29) is 5.78 Å². The van der Waals surface area contributed by atoms with Crippen LogP contribution in [0.2, 0.25) is 5.02 Å². The van der Waals surface area contributed by atoms with Gasteiger partial charge in [0.15, 0.2) is 10.9 Å². The van der Waals surface area contributed by atoms with Gasteiger partial charge in [-0.15, -0.1) is 0 Å². The monoisotopic (exact) mass is 350 g/mol. The molecule has 0 spiro atoms. The van der Waals surface area contributed by atoms with Gasteiger partial charge in [0.05, 0.1) is 10.7 Å². The zero-order valence-electron chi connectivity index (χ0n) is 13.1.